The van der Waals surface area contributed by atoms with Crippen LogP contribution in [0.4, 0.5) is 0 Å². The predicted molar refractivity (Wildman–Crippen MR) is 141 cm³/mol. The summed E-state index contributed by atoms with van der Waals surface area (Å²) in [6, 6.07) is 19.4. The largest absolute Gasteiger partial charge is 0.489 e. The lowest BCUT2D eigenvalue weighted by Crippen LogP contribution is -2.44. The first-order chi connectivity index (χ1) is 15.0. The van der Waals surface area contributed by atoms with Crippen LogP contribution in [-0.2, 0) is 6.61 Å². The van der Waals surface area contributed by atoms with E-state index >= 15 is 0 Å². The third-order valence-corrected chi connectivity index (χ3v) is 7.32. The molecule has 2 aromatic carbocycles. The molecule has 0 radical (unpaired) electrons. The molecule has 0 bridgehead atoms. The van der Waals surface area contributed by atoms with Gasteiger partial charge in [0.25, 0.3) is 0 Å². The fraction of sp³-hybridized carbons (Fsp3) is 0.556. The lowest BCUT2D eigenvalue weighted by molar-refractivity contribution is -0.0297. The Morgan fingerprint density at radius 2 is 1.67 bits per heavy atom. The summed E-state index contributed by atoms with van der Waals surface area (Å²) in [5.41, 5.74) is 1.82. The van der Waals surface area contributed by atoms with Gasteiger partial charge in [-0.15, -0.1) is 24.8 Å². The van der Waals surface area contributed by atoms with Crippen LogP contribution in [0, 0.1) is 0 Å². The summed E-state index contributed by atoms with van der Waals surface area (Å²) < 4.78 is 5.99. The van der Waals surface area contributed by atoms with Crippen LogP contribution in [0.15, 0.2) is 54.6 Å². The number of ether oxygens (including phenoxy) is 1. The van der Waals surface area contributed by atoms with Gasteiger partial charge in [0, 0.05) is 25.0 Å². The number of nitrogens with zero attached hydrogens (tertiary/aromatic N) is 2. The molecule has 1 saturated heterocycles. The molecule has 4 rings (SSSR count). The molecular weight excluding hydrogens is 455 g/mol. The minimum Gasteiger partial charge on any atom is -0.489 e. The Hall–Kier alpha value is -1.30. The van der Waals surface area contributed by atoms with E-state index < -0.39 is 5.60 Å². The van der Waals surface area contributed by atoms with Crippen molar-refractivity contribution in [3.63, 3.8) is 0 Å². The molecule has 2 aliphatic rings. The molecule has 0 spiro atoms. The van der Waals surface area contributed by atoms with Gasteiger partial charge in [-0.05, 0) is 63.2 Å². The summed E-state index contributed by atoms with van der Waals surface area (Å²) >= 11 is 0. The summed E-state index contributed by atoms with van der Waals surface area (Å²) in [7, 11) is 4.35. The summed E-state index contributed by atoms with van der Waals surface area (Å²) in [5, 5.41) is 11.7. The second-order valence-corrected chi connectivity index (χ2v) is 9.73. The van der Waals surface area contributed by atoms with Crippen LogP contribution < -0.4 is 4.74 Å². The molecule has 1 heterocycles. The fourth-order valence-corrected chi connectivity index (χ4v) is 5.29. The lowest BCUT2D eigenvalue weighted by Gasteiger charge is -2.41. The van der Waals surface area contributed by atoms with Crippen molar-refractivity contribution in [2.45, 2.75) is 62.7 Å². The van der Waals surface area contributed by atoms with E-state index in [9.17, 15) is 5.11 Å². The maximum Gasteiger partial charge on any atom is 0.119 e. The van der Waals surface area contributed by atoms with E-state index in [1.54, 1.807) is 0 Å². The molecule has 1 unspecified atom stereocenters. The highest BCUT2D eigenvalue weighted by molar-refractivity contribution is 5.85. The van der Waals surface area contributed by atoms with Gasteiger partial charge in [0.2, 0.25) is 0 Å². The Morgan fingerprint density at radius 3 is 2.27 bits per heavy atom. The van der Waals surface area contributed by atoms with E-state index in [1.165, 1.54) is 24.0 Å². The third-order valence-electron chi connectivity index (χ3n) is 7.32. The van der Waals surface area contributed by atoms with Crippen LogP contribution in [0.3, 0.4) is 0 Å². The van der Waals surface area contributed by atoms with Crippen LogP contribution in [0.25, 0.3) is 0 Å². The van der Waals surface area contributed by atoms with Gasteiger partial charge in [-0.3, -0.25) is 0 Å². The first-order valence-electron chi connectivity index (χ1n) is 11.9. The Bertz CT molecular complexity index is 811. The van der Waals surface area contributed by atoms with E-state index in [-0.39, 0.29) is 30.7 Å². The highest BCUT2D eigenvalue weighted by atomic mass is 35.5. The fourth-order valence-electron chi connectivity index (χ4n) is 5.29. The first-order valence-corrected chi connectivity index (χ1v) is 11.9. The zero-order chi connectivity index (χ0) is 21.7. The van der Waals surface area contributed by atoms with Gasteiger partial charge in [-0.1, -0.05) is 61.7 Å². The van der Waals surface area contributed by atoms with E-state index in [1.807, 2.05) is 18.2 Å². The molecule has 1 N–H and O–H groups in total. The molecule has 33 heavy (non-hydrogen) atoms. The Morgan fingerprint density at radius 1 is 1.00 bits per heavy atom. The second kappa shape index (κ2) is 13.0. The minimum absolute atomic E-state index is 0. The maximum atomic E-state index is 11.7. The van der Waals surface area contributed by atoms with Crippen LogP contribution in [-0.4, -0.2) is 60.3 Å². The quantitative estimate of drug-likeness (QED) is 0.523. The summed E-state index contributed by atoms with van der Waals surface area (Å²) in [4.78, 5) is 4.89. The van der Waals surface area contributed by atoms with Crippen molar-refractivity contribution in [1.82, 2.24) is 9.80 Å². The zero-order valence-electron chi connectivity index (χ0n) is 20.0. The lowest BCUT2D eigenvalue weighted by atomic mass is 9.72. The Balaban J connectivity index is 0.00000193. The zero-order valence-corrected chi connectivity index (χ0v) is 21.6. The summed E-state index contributed by atoms with van der Waals surface area (Å²) in [6.45, 7) is 3.73. The number of hydrogen-bond donors (Lipinski definition) is 1. The van der Waals surface area contributed by atoms with Crippen molar-refractivity contribution >= 4 is 24.8 Å². The Kier molecular flexibility index (Phi) is 11.0. The van der Waals surface area contributed by atoms with Crippen LogP contribution >= 0.6 is 24.8 Å². The van der Waals surface area contributed by atoms with Crippen molar-refractivity contribution in [2.75, 3.05) is 33.7 Å². The smallest absolute Gasteiger partial charge is 0.119 e. The minimum atomic E-state index is -0.596. The highest BCUT2D eigenvalue weighted by Crippen LogP contribution is 2.41. The number of halogens is 2. The van der Waals surface area contributed by atoms with Crippen LogP contribution in [0.1, 0.15) is 55.6 Å². The molecular formula is C27H40Cl2N2O2. The molecule has 1 saturated carbocycles. The number of hydrogen-bond acceptors (Lipinski definition) is 4. The molecule has 2 atom stereocenters. The Labute approximate surface area is 212 Å². The number of likely N-dealkylation sites (N-methyl/N-ethyl adjacent to an activating group) is 1. The van der Waals surface area contributed by atoms with Gasteiger partial charge < -0.3 is 19.6 Å². The molecule has 2 aromatic rings. The molecule has 1 aliphatic carbocycles. The second-order valence-electron chi connectivity index (χ2n) is 9.73. The summed E-state index contributed by atoms with van der Waals surface area (Å²) in [5.74, 6) is 1.03. The first kappa shape index (κ1) is 27.9. The molecule has 1 aliphatic heterocycles. The average Bonchev–Trinajstić information content (AvgIpc) is 3.27. The average molecular weight is 496 g/mol. The van der Waals surface area contributed by atoms with E-state index in [0.29, 0.717) is 12.6 Å². The van der Waals surface area contributed by atoms with Crippen molar-refractivity contribution < 1.29 is 9.84 Å². The summed E-state index contributed by atoms with van der Waals surface area (Å²) in [6.07, 6.45) is 6.54. The molecule has 0 aromatic heterocycles. The highest BCUT2D eigenvalue weighted by Gasteiger charge is 2.40. The van der Waals surface area contributed by atoms with Crippen molar-refractivity contribution in [3.05, 3.63) is 65.7 Å². The SMILES string of the molecule is CN(C)[C@H]1CCN(CC(c2ccc(OCc3ccccc3)cc2)C2(O)CCCCC2)C1.Cl.Cl. The molecule has 2 fully saturated rings. The van der Waals surface area contributed by atoms with Gasteiger partial charge in [0.1, 0.15) is 12.4 Å². The van der Waals surface area contributed by atoms with Crippen molar-refractivity contribution in [2.24, 2.45) is 0 Å². The molecule has 6 heteroatoms. The van der Waals surface area contributed by atoms with Crippen LogP contribution in [0.2, 0.25) is 0 Å². The molecule has 0 amide bonds. The number of rotatable bonds is 8. The normalized spacial score (nSPS) is 21.2. The molecule has 184 valence electrons. The standard InChI is InChI=1S/C27H38N2O2.2ClH/c1-28(2)24-15-18-29(19-24)20-26(27(30)16-7-4-8-17-27)23-11-13-25(14-12-23)31-21-22-9-5-3-6-10-22;;/h3,5-6,9-14,24,26,30H,4,7-8,15-21H2,1-2H3;2*1H/t24-,26?;;/m0../s1. The number of benzene rings is 2. The van der Waals surface area contributed by atoms with Gasteiger partial charge in [0.15, 0.2) is 0 Å². The van der Waals surface area contributed by atoms with Crippen LogP contribution in [0.5, 0.6) is 5.75 Å². The van der Waals surface area contributed by atoms with E-state index in [2.05, 4.69) is 60.3 Å². The van der Waals surface area contributed by atoms with E-state index in [0.717, 1.165) is 51.1 Å². The van der Waals surface area contributed by atoms with Gasteiger partial charge in [0.05, 0.1) is 5.60 Å². The van der Waals surface area contributed by atoms with Gasteiger partial charge in [-0.2, -0.15) is 0 Å². The third kappa shape index (κ3) is 7.34. The van der Waals surface area contributed by atoms with Gasteiger partial charge in [-0.25, -0.2) is 0 Å². The predicted octanol–water partition coefficient (Wildman–Crippen LogP) is 5.52. The topological polar surface area (TPSA) is 35.9 Å². The number of aliphatic hydroxyl groups is 1. The van der Waals surface area contributed by atoms with Crippen molar-refractivity contribution in [1.29, 1.82) is 0 Å². The van der Waals surface area contributed by atoms with Crippen molar-refractivity contribution in [3.8, 4) is 5.75 Å². The molecule has 4 nitrogen and oxygen atoms in total. The van der Waals surface area contributed by atoms with E-state index in [4.69, 9.17) is 4.74 Å². The number of likely N-dealkylation sites (tertiary alicyclic amines) is 1. The van der Waals surface area contributed by atoms with Gasteiger partial charge >= 0.3 is 0 Å². The monoisotopic (exact) mass is 494 g/mol. The maximum absolute atomic E-state index is 11.7.